The van der Waals surface area contributed by atoms with E-state index in [9.17, 15) is 9.59 Å². The first-order chi connectivity index (χ1) is 11.7. The summed E-state index contributed by atoms with van der Waals surface area (Å²) in [6.45, 7) is 9.91. The van der Waals surface area contributed by atoms with E-state index in [0.29, 0.717) is 19.1 Å². The summed E-state index contributed by atoms with van der Waals surface area (Å²) in [5, 5.41) is 8.35. The number of carbonyl (C=O) groups is 2. The number of benzene rings is 1. The molecule has 1 rings (SSSR count). The average Bonchev–Trinajstić information content (AvgIpc) is 2.53. The maximum absolute atomic E-state index is 12.1. The summed E-state index contributed by atoms with van der Waals surface area (Å²) >= 11 is 0. The second-order valence-corrected chi connectivity index (χ2v) is 12.9. The van der Waals surface area contributed by atoms with E-state index >= 15 is 0 Å². The first-order valence-electron chi connectivity index (χ1n) is 8.72. The fourth-order valence-corrected chi connectivity index (χ4v) is 7.00. The Balaban J connectivity index is 2.69. The molecule has 1 N–H and O–H groups in total. The van der Waals surface area contributed by atoms with E-state index in [4.69, 9.17) is 9.99 Å². The van der Waals surface area contributed by atoms with Gasteiger partial charge in [0.05, 0.1) is 14.7 Å². The molecule has 140 valence electrons. The minimum absolute atomic E-state index is 0.123. The van der Waals surface area contributed by atoms with Gasteiger partial charge in [0.1, 0.15) is 12.2 Å². The van der Waals surface area contributed by atoms with Gasteiger partial charge in [-0.05, 0) is 17.0 Å². The number of Topliss-reactive ketones (excluding diaryl/α,β-unsaturated/α-hetero) is 1. The van der Waals surface area contributed by atoms with Crippen molar-refractivity contribution in [1.29, 1.82) is 0 Å². The Kier molecular flexibility index (Phi) is 9.03. The molecular formula is C19H30O5Si. The van der Waals surface area contributed by atoms with E-state index in [-0.39, 0.29) is 17.7 Å². The van der Waals surface area contributed by atoms with Crippen molar-refractivity contribution in [3.8, 4) is 0 Å². The van der Waals surface area contributed by atoms with Crippen LogP contribution >= 0.6 is 0 Å². The monoisotopic (exact) mass is 366 g/mol. The highest BCUT2D eigenvalue weighted by molar-refractivity contribution is 6.79. The molecule has 6 heteroatoms. The van der Waals surface area contributed by atoms with Crippen LogP contribution in [0, 0.1) is 5.92 Å². The number of hydrogen-bond acceptors (Lipinski definition) is 5. The van der Waals surface area contributed by atoms with Crippen LogP contribution in [0.25, 0.3) is 0 Å². The molecule has 0 bridgehead atoms. The van der Waals surface area contributed by atoms with Crippen molar-refractivity contribution in [1.82, 2.24) is 0 Å². The van der Waals surface area contributed by atoms with Gasteiger partial charge in [0.25, 0.3) is 0 Å². The van der Waals surface area contributed by atoms with Crippen molar-refractivity contribution in [2.45, 2.75) is 58.0 Å². The molecule has 0 aliphatic carbocycles. The molecule has 0 aromatic heterocycles. The quantitative estimate of drug-likeness (QED) is 0.273. The molecule has 0 spiro atoms. The van der Waals surface area contributed by atoms with Gasteiger partial charge in [-0.15, -0.1) is 0 Å². The van der Waals surface area contributed by atoms with Gasteiger partial charge in [0, 0.05) is 13.0 Å². The molecule has 0 heterocycles. The van der Waals surface area contributed by atoms with Gasteiger partial charge in [0.2, 0.25) is 0 Å². The predicted octanol–water partition coefficient (Wildman–Crippen LogP) is 4.30. The van der Waals surface area contributed by atoms with E-state index in [2.05, 4.69) is 31.8 Å². The van der Waals surface area contributed by atoms with Gasteiger partial charge in [-0.25, -0.2) is 4.79 Å². The number of ether oxygens (including phenoxy) is 1. The topological polar surface area (TPSA) is 72.8 Å². The molecule has 0 saturated carbocycles. The zero-order valence-corrected chi connectivity index (χ0v) is 16.7. The second kappa shape index (κ2) is 10.5. The lowest BCUT2D eigenvalue weighted by atomic mass is 10.1. The summed E-state index contributed by atoms with van der Waals surface area (Å²) in [5.41, 5.74) is 1.22. The van der Waals surface area contributed by atoms with E-state index in [1.807, 2.05) is 30.3 Å². The molecule has 0 unspecified atom stereocenters. The van der Waals surface area contributed by atoms with Crippen LogP contribution in [0.1, 0.15) is 32.3 Å². The summed E-state index contributed by atoms with van der Waals surface area (Å²) in [6.07, 6.45) is -0.103. The molecular weight excluding hydrogens is 336 g/mol. The first-order valence-corrected chi connectivity index (χ1v) is 12.0. The van der Waals surface area contributed by atoms with Crippen molar-refractivity contribution in [2.24, 2.45) is 5.92 Å². The lowest BCUT2D eigenvalue weighted by Gasteiger charge is -2.33. The Bertz CT molecular complexity index is 542. The van der Waals surface area contributed by atoms with Crippen molar-refractivity contribution in [2.75, 3.05) is 6.61 Å². The standard InChI is InChI=1S/C19H30O5Si/c1-15(2)14-25(3,4)18(10-17(20)11-19(21)24-22)13-23-12-16-8-6-5-7-9-16/h5-9,15,18,22H,10-14H2,1-4H3/t18-/m0/s1. The van der Waals surface area contributed by atoms with Gasteiger partial charge in [-0.2, -0.15) is 5.26 Å². The third kappa shape index (κ3) is 8.42. The Morgan fingerprint density at radius 1 is 1.16 bits per heavy atom. The molecule has 1 atom stereocenters. The van der Waals surface area contributed by atoms with Gasteiger partial charge in [-0.3, -0.25) is 4.79 Å². The fraction of sp³-hybridized carbons (Fsp3) is 0.579. The van der Waals surface area contributed by atoms with Crippen LogP contribution in [-0.4, -0.2) is 31.7 Å². The highest BCUT2D eigenvalue weighted by Gasteiger charge is 2.34. The second-order valence-electron chi connectivity index (χ2n) is 7.67. The summed E-state index contributed by atoms with van der Waals surface area (Å²) in [6, 6.07) is 11.0. The van der Waals surface area contributed by atoms with Crippen molar-refractivity contribution >= 4 is 19.8 Å². The van der Waals surface area contributed by atoms with E-state index in [1.54, 1.807) is 0 Å². The zero-order chi connectivity index (χ0) is 18.9. The lowest BCUT2D eigenvalue weighted by molar-refractivity contribution is -0.233. The molecule has 1 aromatic rings. The molecule has 0 aliphatic heterocycles. The molecule has 1 aromatic carbocycles. The number of hydrogen-bond donors (Lipinski definition) is 1. The molecule has 0 radical (unpaired) electrons. The highest BCUT2D eigenvalue weighted by atomic mass is 28.3. The van der Waals surface area contributed by atoms with Crippen LogP contribution in [0.5, 0.6) is 0 Å². The summed E-state index contributed by atoms with van der Waals surface area (Å²) in [5.74, 6) is -0.565. The number of ketones is 1. The number of carbonyl (C=O) groups excluding carboxylic acids is 2. The zero-order valence-electron chi connectivity index (χ0n) is 15.7. The Morgan fingerprint density at radius 3 is 2.36 bits per heavy atom. The Labute approximate surface area is 151 Å². The third-order valence-corrected chi connectivity index (χ3v) is 8.84. The van der Waals surface area contributed by atoms with Crippen molar-refractivity contribution in [3.63, 3.8) is 0 Å². The summed E-state index contributed by atoms with van der Waals surface area (Å²) in [4.78, 5) is 26.9. The van der Waals surface area contributed by atoms with Gasteiger partial charge < -0.3 is 9.62 Å². The predicted molar refractivity (Wildman–Crippen MR) is 99.9 cm³/mol. The van der Waals surface area contributed by atoms with Gasteiger partial charge in [0.15, 0.2) is 0 Å². The molecule has 0 amide bonds. The van der Waals surface area contributed by atoms with Crippen LogP contribution in [0.2, 0.25) is 24.7 Å². The van der Waals surface area contributed by atoms with E-state index < -0.39 is 20.5 Å². The maximum Gasteiger partial charge on any atom is 0.349 e. The minimum Gasteiger partial charge on any atom is -0.377 e. The largest absolute Gasteiger partial charge is 0.377 e. The SMILES string of the molecule is CC(C)C[Si](C)(C)[C@H](COCc1ccccc1)CC(=O)CC(=O)OO. The third-order valence-electron chi connectivity index (χ3n) is 4.39. The molecule has 0 saturated heterocycles. The highest BCUT2D eigenvalue weighted by Crippen LogP contribution is 2.33. The molecule has 0 aliphatic rings. The smallest absolute Gasteiger partial charge is 0.349 e. The van der Waals surface area contributed by atoms with Crippen LogP contribution in [0.4, 0.5) is 0 Å². The molecule has 25 heavy (non-hydrogen) atoms. The van der Waals surface area contributed by atoms with Gasteiger partial charge in [-0.1, -0.05) is 63.3 Å². The van der Waals surface area contributed by atoms with Gasteiger partial charge >= 0.3 is 5.97 Å². The van der Waals surface area contributed by atoms with Crippen LogP contribution < -0.4 is 0 Å². The van der Waals surface area contributed by atoms with Crippen LogP contribution in [-0.2, 0) is 25.8 Å². The summed E-state index contributed by atoms with van der Waals surface area (Å²) in [7, 11) is -1.72. The maximum atomic E-state index is 12.1. The summed E-state index contributed by atoms with van der Waals surface area (Å²) < 4.78 is 5.90. The van der Waals surface area contributed by atoms with Crippen LogP contribution in [0.15, 0.2) is 30.3 Å². The van der Waals surface area contributed by atoms with Crippen LogP contribution in [0.3, 0.4) is 0 Å². The Hall–Kier alpha value is -1.50. The normalized spacial score (nSPS) is 12.9. The molecule has 5 nitrogen and oxygen atoms in total. The van der Waals surface area contributed by atoms with E-state index in [0.717, 1.165) is 11.6 Å². The van der Waals surface area contributed by atoms with E-state index in [1.165, 1.54) is 0 Å². The fourth-order valence-electron chi connectivity index (χ4n) is 3.21. The average molecular weight is 367 g/mol. The first kappa shape index (κ1) is 21.5. The Morgan fingerprint density at radius 2 is 1.80 bits per heavy atom. The number of rotatable bonds is 11. The van der Waals surface area contributed by atoms with Crippen molar-refractivity contribution < 1.29 is 24.5 Å². The molecule has 0 fully saturated rings. The van der Waals surface area contributed by atoms with Crippen molar-refractivity contribution in [3.05, 3.63) is 35.9 Å². The lowest BCUT2D eigenvalue weighted by Crippen LogP contribution is -2.38. The minimum atomic E-state index is -1.72.